The summed E-state index contributed by atoms with van der Waals surface area (Å²) in [5, 5.41) is 4.24. The van der Waals surface area contributed by atoms with Crippen LogP contribution in [-0.4, -0.2) is 57.6 Å². The van der Waals surface area contributed by atoms with Crippen molar-refractivity contribution in [1.82, 2.24) is 19.6 Å². The fourth-order valence-corrected chi connectivity index (χ4v) is 4.53. The van der Waals surface area contributed by atoms with E-state index in [4.69, 9.17) is 0 Å². The van der Waals surface area contributed by atoms with E-state index in [1.807, 2.05) is 60.1 Å². The monoisotopic (exact) mass is 392 g/mol. The number of aryl methyl sites for hydroxylation is 1. The van der Waals surface area contributed by atoms with Crippen LogP contribution >= 0.6 is 0 Å². The molecular formula is C23H28N4O2. The summed E-state index contributed by atoms with van der Waals surface area (Å²) in [6, 6.07) is 11.7. The Morgan fingerprint density at radius 3 is 2.59 bits per heavy atom. The SMILES string of the molecule is C=CC(C(=O)N(C)C1CCN(C(=O)C2(c3ccnn3C)CC2)C1)c1ccccc1. The molecule has 2 amide bonds. The van der Waals surface area contributed by atoms with Gasteiger partial charge in [0.15, 0.2) is 0 Å². The van der Waals surface area contributed by atoms with Crippen LogP contribution in [0.2, 0.25) is 0 Å². The molecule has 0 spiro atoms. The van der Waals surface area contributed by atoms with Gasteiger partial charge in [0.05, 0.1) is 23.1 Å². The first-order chi connectivity index (χ1) is 14.0. The molecule has 0 radical (unpaired) electrons. The molecule has 0 bridgehead atoms. The van der Waals surface area contributed by atoms with Crippen LogP contribution in [0.5, 0.6) is 0 Å². The van der Waals surface area contributed by atoms with Crippen LogP contribution in [0, 0.1) is 0 Å². The molecule has 2 aromatic rings. The summed E-state index contributed by atoms with van der Waals surface area (Å²) in [5.41, 5.74) is 1.51. The van der Waals surface area contributed by atoms with Gasteiger partial charge in [0.2, 0.25) is 11.8 Å². The Morgan fingerprint density at radius 1 is 1.28 bits per heavy atom. The van der Waals surface area contributed by atoms with E-state index in [0.29, 0.717) is 13.1 Å². The molecule has 6 heteroatoms. The fourth-order valence-electron chi connectivity index (χ4n) is 4.53. The summed E-state index contributed by atoms with van der Waals surface area (Å²) in [5.74, 6) is -0.166. The molecule has 2 fully saturated rings. The van der Waals surface area contributed by atoms with Gasteiger partial charge in [0, 0.05) is 33.4 Å². The van der Waals surface area contributed by atoms with E-state index in [1.54, 1.807) is 17.2 Å². The normalized spacial score (nSPS) is 20.9. The highest BCUT2D eigenvalue weighted by atomic mass is 16.2. The van der Waals surface area contributed by atoms with Gasteiger partial charge >= 0.3 is 0 Å². The van der Waals surface area contributed by atoms with Gasteiger partial charge < -0.3 is 9.80 Å². The maximum atomic E-state index is 13.3. The number of carbonyl (C=O) groups is 2. The van der Waals surface area contributed by atoms with Crippen LogP contribution < -0.4 is 0 Å². The van der Waals surface area contributed by atoms with Crippen LogP contribution in [0.1, 0.15) is 36.4 Å². The van der Waals surface area contributed by atoms with Gasteiger partial charge in [-0.2, -0.15) is 5.10 Å². The molecule has 1 aliphatic carbocycles. The van der Waals surface area contributed by atoms with Gasteiger partial charge in [0.1, 0.15) is 0 Å². The molecule has 1 aromatic heterocycles. The quantitative estimate of drug-likeness (QED) is 0.710. The first kappa shape index (κ1) is 19.4. The zero-order valence-electron chi connectivity index (χ0n) is 17.1. The van der Waals surface area contributed by atoms with Gasteiger partial charge in [-0.3, -0.25) is 14.3 Å². The third kappa shape index (κ3) is 3.37. The smallest absolute Gasteiger partial charge is 0.234 e. The Morgan fingerprint density at radius 2 is 2.00 bits per heavy atom. The van der Waals surface area contributed by atoms with E-state index in [2.05, 4.69) is 11.7 Å². The molecule has 2 atom stereocenters. The summed E-state index contributed by atoms with van der Waals surface area (Å²) in [6.07, 6.45) is 5.99. The average molecular weight is 393 g/mol. The number of aromatic nitrogens is 2. The molecule has 2 aliphatic rings. The van der Waals surface area contributed by atoms with Gasteiger partial charge in [-0.25, -0.2) is 0 Å². The Bertz CT molecular complexity index is 916. The number of hydrogen-bond donors (Lipinski definition) is 0. The number of nitrogens with zero attached hydrogens (tertiary/aromatic N) is 4. The molecule has 1 aliphatic heterocycles. The Hall–Kier alpha value is -2.89. The molecule has 1 saturated carbocycles. The van der Waals surface area contributed by atoms with E-state index < -0.39 is 5.41 Å². The van der Waals surface area contributed by atoms with Gasteiger partial charge in [-0.15, -0.1) is 6.58 Å². The minimum Gasteiger partial charge on any atom is -0.340 e. The Balaban J connectivity index is 1.44. The number of rotatable bonds is 6. The second-order valence-corrected chi connectivity index (χ2v) is 8.19. The first-order valence-corrected chi connectivity index (χ1v) is 10.2. The van der Waals surface area contributed by atoms with Crippen LogP contribution in [0.15, 0.2) is 55.3 Å². The molecular weight excluding hydrogens is 364 g/mol. The molecule has 2 unspecified atom stereocenters. The molecule has 4 rings (SSSR count). The lowest BCUT2D eigenvalue weighted by atomic mass is 9.97. The maximum Gasteiger partial charge on any atom is 0.234 e. The number of likely N-dealkylation sites (N-methyl/N-ethyl adjacent to an activating group) is 1. The fraction of sp³-hybridized carbons (Fsp3) is 0.435. The third-order valence-electron chi connectivity index (χ3n) is 6.48. The predicted molar refractivity (Wildman–Crippen MR) is 111 cm³/mol. The number of benzene rings is 1. The predicted octanol–water partition coefficient (Wildman–Crippen LogP) is 2.48. The van der Waals surface area contributed by atoms with E-state index in [0.717, 1.165) is 30.5 Å². The minimum absolute atomic E-state index is 0.0262. The highest BCUT2D eigenvalue weighted by Gasteiger charge is 2.55. The largest absolute Gasteiger partial charge is 0.340 e. The van der Waals surface area contributed by atoms with Crippen molar-refractivity contribution in [2.75, 3.05) is 20.1 Å². The molecule has 29 heavy (non-hydrogen) atoms. The molecule has 0 N–H and O–H groups in total. The highest BCUT2D eigenvalue weighted by molar-refractivity contribution is 5.91. The standard InChI is InChI=1S/C23H28N4O2/c1-4-19(17-8-6-5-7-9-17)21(28)25(2)18-11-15-27(16-18)22(29)23(12-13-23)20-10-14-24-26(20)3/h4-10,14,18-19H,1,11-13,15-16H2,2-3H3. The second kappa shape index (κ2) is 7.50. The second-order valence-electron chi connectivity index (χ2n) is 8.19. The minimum atomic E-state index is -0.420. The topological polar surface area (TPSA) is 58.4 Å². The number of likely N-dealkylation sites (tertiary alicyclic amines) is 1. The molecule has 1 saturated heterocycles. The van der Waals surface area contributed by atoms with Gasteiger partial charge in [-0.1, -0.05) is 36.4 Å². The molecule has 6 nitrogen and oxygen atoms in total. The molecule has 152 valence electrons. The van der Waals surface area contributed by atoms with Crippen LogP contribution in [0.3, 0.4) is 0 Å². The third-order valence-corrected chi connectivity index (χ3v) is 6.48. The summed E-state index contributed by atoms with van der Waals surface area (Å²) < 4.78 is 1.81. The lowest BCUT2D eigenvalue weighted by molar-refractivity contribution is -0.135. The lowest BCUT2D eigenvalue weighted by Crippen LogP contribution is -2.44. The highest BCUT2D eigenvalue weighted by Crippen LogP contribution is 2.49. The molecule has 2 heterocycles. The Labute approximate surface area is 171 Å². The van der Waals surface area contributed by atoms with Crippen molar-refractivity contribution in [3.05, 3.63) is 66.5 Å². The van der Waals surface area contributed by atoms with Crippen LogP contribution in [-0.2, 0) is 22.1 Å². The van der Waals surface area contributed by atoms with Crippen LogP contribution in [0.4, 0.5) is 0 Å². The summed E-state index contributed by atoms with van der Waals surface area (Å²) in [7, 11) is 3.73. The van der Waals surface area contributed by atoms with Crippen molar-refractivity contribution in [3.8, 4) is 0 Å². The van der Waals surface area contributed by atoms with E-state index in [-0.39, 0.29) is 23.8 Å². The zero-order valence-corrected chi connectivity index (χ0v) is 17.1. The summed E-state index contributed by atoms with van der Waals surface area (Å²) in [6.45, 7) is 5.14. The number of hydrogen-bond acceptors (Lipinski definition) is 3. The summed E-state index contributed by atoms with van der Waals surface area (Å²) >= 11 is 0. The van der Waals surface area contributed by atoms with Crippen molar-refractivity contribution in [3.63, 3.8) is 0 Å². The zero-order chi connectivity index (χ0) is 20.6. The summed E-state index contributed by atoms with van der Waals surface area (Å²) in [4.78, 5) is 30.1. The molecule has 1 aromatic carbocycles. The first-order valence-electron chi connectivity index (χ1n) is 10.2. The lowest BCUT2D eigenvalue weighted by Gasteiger charge is -2.29. The number of amides is 2. The van der Waals surface area contributed by atoms with Crippen molar-refractivity contribution in [1.29, 1.82) is 0 Å². The van der Waals surface area contributed by atoms with Gasteiger partial charge in [0.25, 0.3) is 0 Å². The van der Waals surface area contributed by atoms with Crippen LogP contribution in [0.25, 0.3) is 0 Å². The maximum absolute atomic E-state index is 13.3. The van der Waals surface area contributed by atoms with E-state index >= 15 is 0 Å². The number of carbonyl (C=O) groups excluding carboxylic acids is 2. The van der Waals surface area contributed by atoms with Crippen molar-refractivity contribution in [2.24, 2.45) is 7.05 Å². The van der Waals surface area contributed by atoms with Crippen molar-refractivity contribution in [2.45, 2.75) is 36.6 Å². The van der Waals surface area contributed by atoms with E-state index in [1.165, 1.54) is 0 Å². The van der Waals surface area contributed by atoms with Crippen molar-refractivity contribution < 1.29 is 9.59 Å². The van der Waals surface area contributed by atoms with Crippen molar-refractivity contribution >= 4 is 11.8 Å². The average Bonchev–Trinajstić information content (AvgIpc) is 3.18. The van der Waals surface area contributed by atoms with E-state index in [9.17, 15) is 9.59 Å². The Kier molecular flexibility index (Phi) is 5.03. The van der Waals surface area contributed by atoms with Gasteiger partial charge in [-0.05, 0) is 30.9 Å².